The molecule has 3 aromatic heterocycles. The quantitative estimate of drug-likeness (QED) is 0.360. The molecular weight excluding hydrogens is 498 g/mol. The number of aromatic nitrogens is 3. The molecule has 0 aromatic carbocycles. The lowest BCUT2D eigenvalue weighted by Crippen LogP contribution is -2.52. The van der Waals surface area contributed by atoms with E-state index in [9.17, 15) is 35.9 Å². The molecule has 1 fully saturated rings. The molecule has 0 saturated carbocycles. The number of alkyl halides is 6. The highest BCUT2D eigenvalue weighted by Gasteiger charge is 2.36. The zero-order chi connectivity index (χ0) is 26.3. The number of hydroxylamine groups is 1. The van der Waals surface area contributed by atoms with Crippen LogP contribution in [0.2, 0.25) is 0 Å². The minimum atomic E-state index is -4.85. The van der Waals surface area contributed by atoms with Gasteiger partial charge in [0.15, 0.2) is 5.82 Å². The number of fused-ring (bicyclic) bond motifs is 1. The summed E-state index contributed by atoms with van der Waals surface area (Å²) in [4.78, 5) is 41.0. The van der Waals surface area contributed by atoms with Crippen LogP contribution in [-0.4, -0.2) is 52.1 Å². The van der Waals surface area contributed by atoms with Gasteiger partial charge in [-0.15, -0.1) is 0 Å². The van der Waals surface area contributed by atoms with Gasteiger partial charge in [0, 0.05) is 55.7 Å². The zero-order valence-corrected chi connectivity index (χ0v) is 18.6. The Balaban J connectivity index is 1.36. The number of urea groups is 1. The van der Waals surface area contributed by atoms with E-state index < -0.39 is 41.2 Å². The van der Waals surface area contributed by atoms with Crippen LogP contribution >= 0.6 is 0 Å². The molecule has 0 spiro atoms. The van der Waals surface area contributed by atoms with E-state index in [4.69, 9.17) is 4.84 Å². The Hall–Kier alpha value is -3.75. The third kappa shape index (κ3) is 5.10. The molecule has 9 nitrogen and oxygen atoms in total. The Morgan fingerprint density at radius 1 is 1.08 bits per heavy atom. The molecule has 2 amide bonds. The monoisotopic (exact) mass is 518 g/mol. The Morgan fingerprint density at radius 3 is 2.39 bits per heavy atom. The number of amides is 2. The van der Waals surface area contributed by atoms with Gasteiger partial charge in [0.1, 0.15) is 11.7 Å². The predicted octanol–water partition coefficient (Wildman–Crippen LogP) is 3.81. The van der Waals surface area contributed by atoms with Crippen molar-refractivity contribution in [2.75, 3.05) is 31.1 Å². The Morgan fingerprint density at radius 2 is 1.75 bits per heavy atom. The molecule has 1 saturated heterocycles. The summed E-state index contributed by atoms with van der Waals surface area (Å²) in [5.74, 6) is 0.325. The maximum Gasteiger partial charge on any atom is 0.421 e. The molecule has 4 heterocycles. The smallest absolute Gasteiger partial charge is 0.358 e. The average molecular weight is 518 g/mol. The lowest BCUT2D eigenvalue weighted by Gasteiger charge is -2.35. The van der Waals surface area contributed by atoms with Gasteiger partial charge in [-0.1, -0.05) is 0 Å². The first-order valence-corrected chi connectivity index (χ1v) is 10.6. The van der Waals surface area contributed by atoms with Crippen LogP contribution in [0.25, 0.3) is 10.9 Å². The van der Waals surface area contributed by atoms with Crippen LogP contribution in [0.15, 0.2) is 35.5 Å². The molecule has 1 aliphatic heterocycles. The Labute approximate surface area is 199 Å². The number of carbonyl (C=O) groups is 1. The molecule has 1 aliphatic rings. The van der Waals surface area contributed by atoms with Crippen LogP contribution in [0, 0.1) is 0 Å². The largest absolute Gasteiger partial charge is 0.421 e. The van der Waals surface area contributed by atoms with E-state index >= 15 is 0 Å². The number of pyridine rings is 2. The number of hydrogen-bond donors (Lipinski definition) is 3. The van der Waals surface area contributed by atoms with Crippen LogP contribution in [0.4, 0.5) is 37.0 Å². The summed E-state index contributed by atoms with van der Waals surface area (Å²) in [6, 6.07) is 1.32. The van der Waals surface area contributed by atoms with E-state index in [1.165, 1.54) is 24.1 Å². The maximum atomic E-state index is 13.2. The molecule has 36 heavy (non-hydrogen) atoms. The first kappa shape index (κ1) is 25.3. The molecule has 15 heteroatoms. The van der Waals surface area contributed by atoms with Gasteiger partial charge >= 0.3 is 18.4 Å². The van der Waals surface area contributed by atoms with Gasteiger partial charge in [0.25, 0.3) is 5.56 Å². The number of hydrogen-bond acceptors (Lipinski definition) is 5. The van der Waals surface area contributed by atoms with Crippen molar-refractivity contribution in [3.8, 4) is 0 Å². The van der Waals surface area contributed by atoms with Crippen LogP contribution in [0.1, 0.15) is 29.7 Å². The number of nitrogens with one attached hydrogen (secondary N) is 3. The highest BCUT2D eigenvalue weighted by Crippen LogP contribution is 2.37. The van der Waals surface area contributed by atoms with Gasteiger partial charge in [-0.2, -0.15) is 26.3 Å². The SMILES string of the molecule is CC(ONC(=O)N1CCN(c2ncc(C(F)(F)F)c3cc[nH]c23)CC1)c1c[nH]c(=O)c(C(F)(F)F)c1. The third-order valence-electron chi connectivity index (χ3n) is 5.77. The summed E-state index contributed by atoms with van der Waals surface area (Å²) in [6.45, 7) is 2.30. The molecule has 0 bridgehead atoms. The second-order valence-corrected chi connectivity index (χ2v) is 8.07. The fraction of sp³-hybridized carbons (Fsp3) is 0.381. The minimum Gasteiger partial charge on any atom is -0.358 e. The number of anilines is 1. The first-order valence-electron chi connectivity index (χ1n) is 10.6. The lowest BCUT2D eigenvalue weighted by atomic mass is 10.1. The summed E-state index contributed by atoms with van der Waals surface area (Å²) < 4.78 is 78.6. The molecule has 194 valence electrons. The van der Waals surface area contributed by atoms with Gasteiger partial charge in [-0.05, 0) is 19.1 Å². The maximum absolute atomic E-state index is 13.2. The summed E-state index contributed by atoms with van der Waals surface area (Å²) in [7, 11) is 0. The van der Waals surface area contributed by atoms with Crippen molar-refractivity contribution in [3.63, 3.8) is 0 Å². The van der Waals surface area contributed by atoms with Crippen molar-refractivity contribution >= 4 is 22.8 Å². The van der Waals surface area contributed by atoms with Crippen molar-refractivity contribution in [2.24, 2.45) is 0 Å². The van der Waals surface area contributed by atoms with Gasteiger partial charge in [0.2, 0.25) is 0 Å². The van der Waals surface area contributed by atoms with E-state index in [0.717, 1.165) is 12.4 Å². The molecule has 0 aliphatic carbocycles. The highest BCUT2D eigenvalue weighted by atomic mass is 19.4. The summed E-state index contributed by atoms with van der Waals surface area (Å²) in [5.41, 5.74) is -1.12. The van der Waals surface area contributed by atoms with Gasteiger partial charge in [-0.25, -0.2) is 15.3 Å². The van der Waals surface area contributed by atoms with Crippen LogP contribution in [0.5, 0.6) is 0 Å². The third-order valence-corrected chi connectivity index (χ3v) is 5.77. The van der Waals surface area contributed by atoms with Crippen molar-refractivity contribution in [2.45, 2.75) is 25.4 Å². The molecule has 4 rings (SSSR count). The molecule has 3 aromatic rings. The van der Waals surface area contributed by atoms with E-state index in [0.29, 0.717) is 11.9 Å². The summed E-state index contributed by atoms with van der Waals surface area (Å²) >= 11 is 0. The van der Waals surface area contributed by atoms with Crippen molar-refractivity contribution in [3.05, 3.63) is 57.8 Å². The lowest BCUT2D eigenvalue weighted by molar-refractivity contribution is -0.139. The van der Waals surface area contributed by atoms with E-state index in [1.54, 1.807) is 4.90 Å². The van der Waals surface area contributed by atoms with Crippen LogP contribution in [-0.2, 0) is 17.2 Å². The minimum absolute atomic E-state index is 0.00427. The highest BCUT2D eigenvalue weighted by molar-refractivity contribution is 5.92. The van der Waals surface area contributed by atoms with E-state index in [-0.39, 0.29) is 42.6 Å². The molecule has 0 radical (unpaired) electrons. The molecule has 1 atom stereocenters. The zero-order valence-electron chi connectivity index (χ0n) is 18.6. The van der Waals surface area contributed by atoms with Crippen molar-refractivity contribution < 1.29 is 36.0 Å². The average Bonchev–Trinajstić information content (AvgIpc) is 3.30. The summed E-state index contributed by atoms with van der Waals surface area (Å²) in [6.07, 6.45) is -7.17. The van der Waals surface area contributed by atoms with Crippen LogP contribution < -0.4 is 15.9 Å². The standard InChI is InChI=1S/C21H20F6N6O3/c1-11(12-8-14(20(22,23)24)18(34)30-9-12)36-31-19(35)33-6-4-32(5-7-33)17-16-13(2-3-28-16)15(10-29-17)21(25,26)27/h2-3,8-11,28H,4-7H2,1H3,(H,30,34)(H,31,35). The van der Waals surface area contributed by atoms with Crippen molar-refractivity contribution in [1.82, 2.24) is 25.3 Å². The number of halogens is 6. The number of nitrogens with zero attached hydrogens (tertiary/aromatic N) is 3. The number of carbonyl (C=O) groups excluding carboxylic acids is 1. The molecule has 1 unspecified atom stereocenters. The predicted molar refractivity (Wildman–Crippen MR) is 115 cm³/mol. The first-order chi connectivity index (χ1) is 16.9. The van der Waals surface area contributed by atoms with Gasteiger partial charge in [0.05, 0.1) is 11.1 Å². The van der Waals surface area contributed by atoms with E-state index in [1.807, 2.05) is 4.98 Å². The fourth-order valence-electron chi connectivity index (χ4n) is 3.84. The Bertz CT molecular complexity index is 1310. The Kier molecular flexibility index (Phi) is 6.60. The topological polar surface area (TPSA) is 106 Å². The number of H-pyrrole nitrogens is 2. The number of aromatic amines is 2. The fourth-order valence-corrected chi connectivity index (χ4v) is 3.84. The second kappa shape index (κ2) is 9.37. The van der Waals surface area contributed by atoms with Gasteiger partial charge < -0.3 is 19.8 Å². The second-order valence-electron chi connectivity index (χ2n) is 8.07. The van der Waals surface area contributed by atoms with Crippen molar-refractivity contribution in [1.29, 1.82) is 0 Å². The number of rotatable bonds is 4. The van der Waals surface area contributed by atoms with E-state index in [2.05, 4.69) is 15.4 Å². The molecular formula is C21H20F6N6O3. The normalized spacial score (nSPS) is 15.9. The van der Waals surface area contributed by atoms with Gasteiger partial charge in [-0.3, -0.25) is 9.63 Å². The number of piperazine rings is 1. The summed E-state index contributed by atoms with van der Waals surface area (Å²) in [5, 5.41) is -0.00834. The van der Waals surface area contributed by atoms with Crippen LogP contribution in [0.3, 0.4) is 0 Å². The molecule has 3 N–H and O–H groups in total.